The van der Waals surface area contributed by atoms with E-state index in [-0.39, 0.29) is 23.6 Å². The highest BCUT2D eigenvalue weighted by Crippen LogP contribution is 2.35. The van der Waals surface area contributed by atoms with E-state index in [1.807, 2.05) is 0 Å². The molecule has 0 saturated heterocycles. The molecule has 0 fully saturated rings. The topological polar surface area (TPSA) is 127 Å². The summed E-state index contributed by atoms with van der Waals surface area (Å²) in [5, 5.41) is 19.9. The maximum absolute atomic E-state index is 12.1. The van der Waals surface area contributed by atoms with Gasteiger partial charge in [-0.25, -0.2) is 4.79 Å². The summed E-state index contributed by atoms with van der Waals surface area (Å²) in [5.74, 6) is -1.01. The molecule has 0 bridgehead atoms. The standard InChI is InChI=1S/C15H12N4O5/c1-2-24-15(21)13-8(7-16-18-13)5-11-10-6-9(19(22)23)3-4-12(10)17-14(11)20/h3-7H,2H2,1H3,(H,16,18)(H,17,20)/b11-5-. The number of hydrogen-bond acceptors (Lipinski definition) is 6. The van der Waals surface area contributed by atoms with Crippen molar-refractivity contribution in [3.8, 4) is 0 Å². The summed E-state index contributed by atoms with van der Waals surface area (Å²) in [6.45, 7) is 1.87. The number of non-ortho nitro benzene ring substituents is 1. The van der Waals surface area contributed by atoms with Crippen molar-refractivity contribution in [2.24, 2.45) is 0 Å². The van der Waals surface area contributed by atoms with Crippen LogP contribution in [0.2, 0.25) is 0 Å². The first-order valence-electron chi connectivity index (χ1n) is 7.03. The molecule has 1 amide bonds. The van der Waals surface area contributed by atoms with Crippen LogP contribution in [-0.2, 0) is 9.53 Å². The monoisotopic (exact) mass is 328 g/mol. The van der Waals surface area contributed by atoms with Crippen LogP contribution in [0.1, 0.15) is 28.5 Å². The zero-order valence-electron chi connectivity index (χ0n) is 12.5. The fourth-order valence-electron chi connectivity index (χ4n) is 2.36. The first-order chi connectivity index (χ1) is 11.5. The molecule has 3 rings (SSSR count). The van der Waals surface area contributed by atoms with Crippen molar-refractivity contribution in [1.29, 1.82) is 0 Å². The Morgan fingerprint density at radius 1 is 1.46 bits per heavy atom. The third kappa shape index (κ3) is 2.62. The molecule has 0 radical (unpaired) electrons. The van der Waals surface area contributed by atoms with Crippen LogP contribution in [0, 0.1) is 10.1 Å². The van der Waals surface area contributed by atoms with Crippen molar-refractivity contribution < 1.29 is 19.2 Å². The van der Waals surface area contributed by atoms with Gasteiger partial charge in [-0.1, -0.05) is 0 Å². The van der Waals surface area contributed by atoms with Crippen molar-refractivity contribution in [2.75, 3.05) is 11.9 Å². The number of nitro groups is 1. The minimum absolute atomic E-state index is 0.107. The number of ether oxygens (including phenoxy) is 1. The Labute approximate surface area is 135 Å². The van der Waals surface area contributed by atoms with E-state index in [2.05, 4.69) is 15.5 Å². The molecule has 1 aromatic carbocycles. The first-order valence-corrected chi connectivity index (χ1v) is 7.03. The van der Waals surface area contributed by atoms with Gasteiger partial charge in [0.1, 0.15) is 0 Å². The van der Waals surface area contributed by atoms with Crippen molar-refractivity contribution in [3.05, 3.63) is 51.3 Å². The number of rotatable bonds is 4. The van der Waals surface area contributed by atoms with Crippen LogP contribution < -0.4 is 5.32 Å². The van der Waals surface area contributed by atoms with Crippen LogP contribution >= 0.6 is 0 Å². The number of benzene rings is 1. The number of nitrogens with one attached hydrogen (secondary N) is 2. The Kier molecular flexibility index (Phi) is 3.82. The van der Waals surface area contributed by atoms with E-state index in [1.165, 1.54) is 30.5 Å². The minimum atomic E-state index is -0.598. The summed E-state index contributed by atoms with van der Waals surface area (Å²) in [6.07, 6.45) is 2.82. The highest BCUT2D eigenvalue weighted by molar-refractivity contribution is 6.35. The van der Waals surface area contributed by atoms with Crippen LogP contribution in [0.15, 0.2) is 24.4 Å². The van der Waals surface area contributed by atoms with E-state index >= 15 is 0 Å². The lowest BCUT2D eigenvalue weighted by atomic mass is 10.0. The van der Waals surface area contributed by atoms with Gasteiger partial charge in [-0.15, -0.1) is 0 Å². The molecule has 9 heteroatoms. The molecule has 1 aliphatic rings. The molecular formula is C15H12N4O5. The maximum Gasteiger partial charge on any atom is 0.356 e. The molecule has 2 heterocycles. The van der Waals surface area contributed by atoms with Crippen LogP contribution in [0.4, 0.5) is 11.4 Å². The number of carbonyl (C=O) groups excluding carboxylic acids is 2. The summed E-state index contributed by atoms with van der Waals surface area (Å²) < 4.78 is 4.91. The van der Waals surface area contributed by atoms with E-state index in [9.17, 15) is 19.7 Å². The number of anilines is 1. The molecular weight excluding hydrogens is 316 g/mol. The fraction of sp³-hybridized carbons (Fsp3) is 0.133. The molecule has 0 spiro atoms. The maximum atomic E-state index is 12.1. The summed E-state index contributed by atoms with van der Waals surface area (Å²) in [4.78, 5) is 34.4. The highest BCUT2D eigenvalue weighted by Gasteiger charge is 2.27. The molecule has 2 N–H and O–H groups in total. The van der Waals surface area contributed by atoms with Gasteiger partial charge in [0.05, 0.1) is 17.7 Å². The minimum Gasteiger partial charge on any atom is -0.461 e. The summed E-state index contributed by atoms with van der Waals surface area (Å²) in [5.41, 5.74) is 1.41. The average molecular weight is 328 g/mol. The predicted molar refractivity (Wildman–Crippen MR) is 84.1 cm³/mol. The van der Waals surface area contributed by atoms with Gasteiger partial charge in [0.2, 0.25) is 0 Å². The SMILES string of the molecule is CCOC(=O)c1[nH]ncc1/C=C1\C(=O)Nc2ccc([N+](=O)[O-])cc21. The summed E-state index contributed by atoms with van der Waals surface area (Å²) in [6, 6.07) is 4.08. The van der Waals surface area contributed by atoms with Crippen molar-refractivity contribution in [2.45, 2.75) is 6.92 Å². The fourth-order valence-corrected chi connectivity index (χ4v) is 2.36. The smallest absolute Gasteiger partial charge is 0.356 e. The van der Waals surface area contributed by atoms with Gasteiger partial charge >= 0.3 is 5.97 Å². The normalized spacial score (nSPS) is 14.4. The van der Waals surface area contributed by atoms with E-state index in [1.54, 1.807) is 6.92 Å². The number of nitro benzene ring substituents is 1. The van der Waals surface area contributed by atoms with Gasteiger partial charge in [0, 0.05) is 34.5 Å². The largest absolute Gasteiger partial charge is 0.461 e. The number of aromatic amines is 1. The average Bonchev–Trinajstić information content (AvgIpc) is 3.12. The lowest BCUT2D eigenvalue weighted by Crippen LogP contribution is -2.07. The van der Waals surface area contributed by atoms with Crippen molar-refractivity contribution in [1.82, 2.24) is 10.2 Å². The van der Waals surface area contributed by atoms with E-state index in [0.717, 1.165) is 0 Å². The molecule has 1 aromatic heterocycles. The zero-order chi connectivity index (χ0) is 17.3. The first kappa shape index (κ1) is 15.4. The number of fused-ring (bicyclic) bond motifs is 1. The molecule has 24 heavy (non-hydrogen) atoms. The van der Waals surface area contributed by atoms with Crippen LogP contribution in [-0.4, -0.2) is 33.6 Å². The number of H-pyrrole nitrogens is 1. The number of nitrogens with zero attached hydrogens (tertiary/aromatic N) is 2. The number of carbonyl (C=O) groups is 2. The van der Waals surface area contributed by atoms with Gasteiger partial charge in [0.15, 0.2) is 5.69 Å². The quantitative estimate of drug-likeness (QED) is 0.382. The predicted octanol–water partition coefficient (Wildman–Crippen LogP) is 1.99. The van der Waals surface area contributed by atoms with E-state index < -0.39 is 16.8 Å². The van der Waals surface area contributed by atoms with Gasteiger partial charge in [0.25, 0.3) is 11.6 Å². The second-order valence-corrected chi connectivity index (χ2v) is 4.92. The number of hydrogen-bond donors (Lipinski definition) is 2. The van der Waals surface area contributed by atoms with Crippen LogP contribution in [0.3, 0.4) is 0 Å². The van der Waals surface area contributed by atoms with Gasteiger partial charge in [-0.2, -0.15) is 5.10 Å². The molecule has 0 aliphatic carbocycles. The second kappa shape index (κ2) is 5.95. The van der Waals surface area contributed by atoms with Crippen molar-refractivity contribution >= 4 is 34.9 Å². The Hall–Kier alpha value is -3.49. The molecule has 0 unspecified atom stereocenters. The van der Waals surface area contributed by atoms with Crippen LogP contribution in [0.25, 0.3) is 11.6 Å². The van der Waals surface area contributed by atoms with E-state index in [4.69, 9.17) is 4.74 Å². The van der Waals surface area contributed by atoms with Gasteiger partial charge < -0.3 is 10.1 Å². The summed E-state index contributed by atoms with van der Waals surface area (Å²) >= 11 is 0. The van der Waals surface area contributed by atoms with Gasteiger partial charge in [-0.3, -0.25) is 20.0 Å². The molecule has 9 nitrogen and oxygen atoms in total. The van der Waals surface area contributed by atoms with E-state index in [0.29, 0.717) is 16.8 Å². The molecule has 122 valence electrons. The Morgan fingerprint density at radius 3 is 2.96 bits per heavy atom. The number of aromatic nitrogens is 2. The molecule has 0 atom stereocenters. The van der Waals surface area contributed by atoms with Crippen LogP contribution in [0.5, 0.6) is 0 Å². The molecule has 2 aromatic rings. The summed E-state index contributed by atoms with van der Waals surface area (Å²) in [7, 11) is 0. The lowest BCUT2D eigenvalue weighted by molar-refractivity contribution is -0.384. The number of esters is 1. The Balaban J connectivity index is 2.06. The zero-order valence-corrected chi connectivity index (χ0v) is 12.5. The van der Waals surface area contributed by atoms with Crippen molar-refractivity contribution in [3.63, 3.8) is 0 Å². The third-order valence-corrected chi connectivity index (χ3v) is 3.45. The lowest BCUT2D eigenvalue weighted by Gasteiger charge is -2.01. The third-order valence-electron chi connectivity index (χ3n) is 3.45. The molecule has 1 aliphatic heterocycles. The number of amides is 1. The molecule has 0 saturated carbocycles. The Bertz CT molecular complexity index is 884. The Morgan fingerprint density at radius 2 is 2.25 bits per heavy atom. The second-order valence-electron chi connectivity index (χ2n) is 4.92. The van der Waals surface area contributed by atoms with Gasteiger partial charge in [-0.05, 0) is 19.1 Å². The highest BCUT2D eigenvalue weighted by atomic mass is 16.6.